The van der Waals surface area contributed by atoms with Crippen molar-refractivity contribution in [2.24, 2.45) is 0 Å². The number of fused-ring (bicyclic) bond motifs is 3. The number of nitrogens with one attached hydrogen (secondary N) is 1. The highest BCUT2D eigenvalue weighted by atomic mass is 16.5. The molecule has 2 amide bonds. The van der Waals surface area contributed by atoms with E-state index in [1.54, 1.807) is 6.92 Å². The normalized spacial score (nSPS) is 14.0. The first-order chi connectivity index (χ1) is 15.9. The second-order valence-electron chi connectivity index (χ2n) is 7.90. The van der Waals surface area contributed by atoms with Gasteiger partial charge in [0.1, 0.15) is 18.8 Å². The van der Waals surface area contributed by atoms with Crippen LogP contribution in [-0.4, -0.2) is 66.9 Å². The number of amides is 2. The van der Waals surface area contributed by atoms with Gasteiger partial charge in [-0.2, -0.15) is 0 Å². The first-order valence-corrected chi connectivity index (χ1v) is 11.0. The van der Waals surface area contributed by atoms with Gasteiger partial charge in [-0.3, -0.25) is 4.79 Å². The molecule has 0 heterocycles. The first kappa shape index (κ1) is 24.3. The molecule has 0 saturated carbocycles. The molecule has 0 radical (unpaired) electrons. The van der Waals surface area contributed by atoms with Crippen LogP contribution >= 0.6 is 0 Å². The highest BCUT2D eigenvalue weighted by Crippen LogP contribution is 2.44. The fourth-order valence-corrected chi connectivity index (χ4v) is 4.24. The van der Waals surface area contributed by atoms with Gasteiger partial charge < -0.3 is 24.8 Å². The van der Waals surface area contributed by atoms with Crippen LogP contribution in [0, 0.1) is 0 Å². The number of nitrogens with zero attached hydrogens (tertiary/aromatic N) is 1. The number of rotatable bonds is 10. The van der Waals surface area contributed by atoms with E-state index in [4.69, 9.17) is 9.47 Å². The van der Waals surface area contributed by atoms with Crippen molar-refractivity contribution in [3.63, 3.8) is 0 Å². The second kappa shape index (κ2) is 11.0. The number of hydrogen-bond donors (Lipinski definition) is 2. The fourth-order valence-electron chi connectivity index (χ4n) is 4.24. The van der Waals surface area contributed by atoms with Crippen LogP contribution in [0.25, 0.3) is 11.1 Å². The van der Waals surface area contributed by atoms with Gasteiger partial charge in [0.05, 0.1) is 0 Å². The number of methoxy groups -OCH3 is 1. The van der Waals surface area contributed by atoms with Crippen molar-refractivity contribution in [1.82, 2.24) is 10.2 Å². The van der Waals surface area contributed by atoms with Crippen LogP contribution in [-0.2, 0) is 19.1 Å². The molecule has 0 aromatic heterocycles. The molecule has 0 saturated heterocycles. The Morgan fingerprint density at radius 2 is 1.64 bits per heavy atom. The Kier molecular flexibility index (Phi) is 8.06. The van der Waals surface area contributed by atoms with Crippen LogP contribution in [0.5, 0.6) is 0 Å². The Morgan fingerprint density at radius 3 is 2.15 bits per heavy atom. The molecule has 2 aromatic rings. The van der Waals surface area contributed by atoms with Gasteiger partial charge in [-0.1, -0.05) is 48.5 Å². The van der Waals surface area contributed by atoms with Crippen molar-refractivity contribution in [3.05, 3.63) is 59.7 Å². The average Bonchev–Trinajstić information content (AvgIpc) is 3.14. The molecule has 8 heteroatoms. The summed E-state index contributed by atoms with van der Waals surface area (Å²) in [4.78, 5) is 37.4. The Morgan fingerprint density at radius 1 is 1.06 bits per heavy atom. The monoisotopic (exact) mass is 454 g/mol. The Hall–Kier alpha value is -3.39. The fraction of sp³-hybridized carbons (Fsp3) is 0.400. The van der Waals surface area contributed by atoms with Crippen molar-refractivity contribution in [1.29, 1.82) is 0 Å². The van der Waals surface area contributed by atoms with Crippen molar-refractivity contribution in [2.45, 2.75) is 38.3 Å². The number of carboxylic acids is 1. The van der Waals surface area contributed by atoms with E-state index in [2.05, 4.69) is 17.4 Å². The first-order valence-electron chi connectivity index (χ1n) is 11.0. The van der Waals surface area contributed by atoms with Gasteiger partial charge in [-0.05, 0) is 36.1 Å². The maximum absolute atomic E-state index is 12.7. The van der Waals surface area contributed by atoms with Crippen molar-refractivity contribution in [2.75, 3.05) is 26.8 Å². The molecule has 1 aliphatic carbocycles. The van der Waals surface area contributed by atoms with Crippen LogP contribution in [0.15, 0.2) is 48.5 Å². The molecule has 0 fully saturated rings. The summed E-state index contributed by atoms with van der Waals surface area (Å²) in [5, 5.41) is 11.9. The van der Waals surface area contributed by atoms with E-state index in [0.29, 0.717) is 0 Å². The zero-order chi connectivity index (χ0) is 24.0. The van der Waals surface area contributed by atoms with Crippen LogP contribution in [0.3, 0.4) is 0 Å². The summed E-state index contributed by atoms with van der Waals surface area (Å²) in [5.41, 5.74) is 4.56. The second-order valence-corrected chi connectivity index (χ2v) is 7.90. The van der Waals surface area contributed by atoms with Gasteiger partial charge in [-0.25, -0.2) is 9.59 Å². The summed E-state index contributed by atoms with van der Waals surface area (Å²) in [6.07, 6.45) is -1.24. The third-order valence-corrected chi connectivity index (χ3v) is 6.03. The number of likely N-dealkylation sites (N-methyl/N-ethyl adjacent to an activating group) is 1. The van der Waals surface area contributed by atoms with E-state index in [1.807, 2.05) is 36.4 Å². The minimum absolute atomic E-state index is 0.0351. The van der Waals surface area contributed by atoms with E-state index in [0.717, 1.165) is 22.3 Å². The van der Waals surface area contributed by atoms with Gasteiger partial charge in [0.15, 0.2) is 0 Å². The predicted molar refractivity (Wildman–Crippen MR) is 123 cm³/mol. The molecular weight excluding hydrogens is 424 g/mol. The topological polar surface area (TPSA) is 105 Å². The lowest BCUT2D eigenvalue weighted by molar-refractivity contribution is -0.154. The van der Waals surface area contributed by atoms with E-state index in [-0.39, 0.29) is 32.0 Å². The van der Waals surface area contributed by atoms with Gasteiger partial charge in [0.25, 0.3) is 5.91 Å². The lowest BCUT2D eigenvalue weighted by atomic mass is 9.98. The highest BCUT2D eigenvalue weighted by molar-refractivity contribution is 5.86. The number of carboxylic acid groups (broad SMARTS) is 1. The van der Waals surface area contributed by atoms with Gasteiger partial charge >= 0.3 is 12.1 Å². The van der Waals surface area contributed by atoms with Gasteiger partial charge in [0, 0.05) is 32.5 Å². The molecule has 0 spiro atoms. The number of carbonyl (C=O) groups excluding carboxylic acids is 2. The van der Waals surface area contributed by atoms with Gasteiger partial charge in [0.2, 0.25) is 0 Å². The molecule has 1 aliphatic rings. The van der Waals surface area contributed by atoms with Crippen molar-refractivity contribution < 1.29 is 29.0 Å². The zero-order valence-corrected chi connectivity index (χ0v) is 19.1. The Balaban J connectivity index is 1.53. The summed E-state index contributed by atoms with van der Waals surface area (Å²) >= 11 is 0. The summed E-state index contributed by atoms with van der Waals surface area (Å²) in [6, 6.07) is 15.2. The zero-order valence-electron chi connectivity index (χ0n) is 19.1. The average molecular weight is 455 g/mol. The number of carbonyl (C=O) groups is 3. The molecule has 176 valence electrons. The standard InChI is InChI=1S/C25H30N2O6/c1-4-27(16(2)24(29)30)23(28)22(32-3)13-14-26-25(31)33-15-21-19-11-7-5-9-17(19)18-10-6-8-12-20(18)21/h5-12,16,21-22H,4,13-15H2,1-3H3,(H,26,31)(H,29,30). The molecule has 0 bridgehead atoms. The molecular formula is C25H30N2O6. The predicted octanol–water partition coefficient (Wildman–Crippen LogP) is 3.25. The maximum atomic E-state index is 12.7. The molecule has 2 unspecified atom stereocenters. The molecule has 2 N–H and O–H groups in total. The third-order valence-electron chi connectivity index (χ3n) is 6.03. The van der Waals surface area contributed by atoms with E-state index in [9.17, 15) is 19.5 Å². The molecule has 0 aliphatic heterocycles. The number of aliphatic carboxylic acids is 1. The minimum atomic E-state index is -1.09. The lowest BCUT2D eigenvalue weighted by Gasteiger charge is -2.28. The molecule has 2 atom stereocenters. The van der Waals surface area contributed by atoms with E-state index in [1.165, 1.54) is 18.9 Å². The van der Waals surface area contributed by atoms with Gasteiger partial charge in [-0.15, -0.1) is 0 Å². The van der Waals surface area contributed by atoms with E-state index < -0.39 is 30.1 Å². The third kappa shape index (κ3) is 5.34. The van der Waals surface area contributed by atoms with Crippen LogP contribution in [0.4, 0.5) is 4.79 Å². The summed E-state index contributed by atoms with van der Waals surface area (Å²) in [5.74, 6) is -1.55. The Bertz CT molecular complexity index is 962. The number of hydrogen-bond acceptors (Lipinski definition) is 5. The quantitative estimate of drug-likeness (QED) is 0.571. The SMILES string of the molecule is CCN(C(=O)C(CCNC(=O)OCC1c2ccccc2-c2ccccc21)OC)C(C)C(=O)O. The van der Waals surface area contributed by atoms with Crippen LogP contribution < -0.4 is 5.32 Å². The minimum Gasteiger partial charge on any atom is -0.480 e. The van der Waals surface area contributed by atoms with Crippen LogP contribution in [0.2, 0.25) is 0 Å². The van der Waals surface area contributed by atoms with Crippen molar-refractivity contribution in [3.8, 4) is 11.1 Å². The number of ether oxygens (including phenoxy) is 2. The number of alkyl carbamates (subject to hydrolysis) is 1. The Labute approximate surface area is 193 Å². The lowest BCUT2D eigenvalue weighted by Crippen LogP contribution is -2.48. The highest BCUT2D eigenvalue weighted by Gasteiger charge is 2.31. The summed E-state index contributed by atoms with van der Waals surface area (Å²) in [6.45, 7) is 3.75. The number of benzene rings is 2. The molecule has 3 rings (SSSR count). The van der Waals surface area contributed by atoms with Crippen molar-refractivity contribution >= 4 is 18.0 Å². The summed E-state index contributed by atoms with van der Waals surface area (Å²) in [7, 11) is 1.38. The smallest absolute Gasteiger partial charge is 0.407 e. The molecule has 8 nitrogen and oxygen atoms in total. The largest absolute Gasteiger partial charge is 0.480 e. The summed E-state index contributed by atoms with van der Waals surface area (Å²) < 4.78 is 10.7. The maximum Gasteiger partial charge on any atom is 0.407 e. The molecule has 33 heavy (non-hydrogen) atoms. The molecule has 2 aromatic carbocycles. The van der Waals surface area contributed by atoms with Crippen LogP contribution in [0.1, 0.15) is 37.3 Å². The van der Waals surface area contributed by atoms with E-state index >= 15 is 0 Å².